The van der Waals surface area contributed by atoms with Crippen molar-refractivity contribution >= 4 is 21.9 Å². The van der Waals surface area contributed by atoms with Crippen molar-refractivity contribution in [2.75, 3.05) is 13.1 Å². The van der Waals surface area contributed by atoms with Gasteiger partial charge in [-0.3, -0.25) is 9.69 Å². The number of carboxylic acids is 1. The third-order valence-electron chi connectivity index (χ3n) is 4.98. The first-order chi connectivity index (χ1) is 12.8. The van der Waals surface area contributed by atoms with E-state index >= 15 is 0 Å². The zero-order valence-corrected chi connectivity index (χ0v) is 16.0. The molecule has 7 heteroatoms. The van der Waals surface area contributed by atoms with Crippen LogP contribution in [0.4, 0.5) is 13.2 Å². The maximum absolute atomic E-state index is 12.9. The summed E-state index contributed by atoms with van der Waals surface area (Å²) in [5.41, 5.74) is 1.05. The standard InChI is InChI=1S/C20H19BrF3NO2/c21-17-7-3-14(4-8-17)18(25-11-9-15(10-12-25)19(26)27)13-1-5-16(6-2-13)20(22,23)24/h1-8,15,18H,9-12H2,(H,26,27). The van der Waals surface area contributed by atoms with E-state index < -0.39 is 17.7 Å². The van der Waals surface area contributed by atoms with Gasteiger partial charge in [0.15, 0.2) is 0 Å². The number of alkyl halides is 3. The minimum atomic E-state index is -4.37. The fourth-order valence-corrected chi connectivity index (χ4v) is 3.78. The lowest BCUT2D eigenvalue weighted by atomic mass is 9.91. The predicted octanol–water partition coefficient (Wildman–Crippen LogP) is 5.35. The van der Waals surface area contributed by atoms with Crippen LogP contribution in [0, 0.1) is 5.92 Å². The Bertz CT molecular complexity index is 782. The van der Waals surface area contributed by atoms with E-state index in [-0.39, 0.29) is 12.0 Å². The molecule has 3 rings (SSSR count). The van der Waals surface area contributed by atoms with E-state index in [2.05, 4.69) is 20.8 Å². The molecule has 3 nitrogen and oxygen atoms in total. The monoisotopic (exact) mass is 441 g/mol. The molecule has 0 bridgehead atoms. The van der Waals surface area contributed by atoms with Crippen LogP contribution in [-0.4, -0.2) is 29.1 Å². The highest BCUT2D eigenvalue weighted by Crippen LogP contribution is 2.35. The second-order valence-corrected chi connectivity index (χ2v) is 7.64. The van der Waals surface area contributed by atoms with Gasteiger partial charge in [0.25, 0.3) is 0 Å². The highest BCUT2D eigenvalue weighted by molar-refractivity contribution is 9.10. The maximum Gasteiger partial charge on any atom is 0.416 e. The number of halogens is 4. The predicted molar refractivity (Wildman–Crippen MR) is 99.4 cm³/mol. The van der Waals surface area contributed by atoms with Gasteiger partial charge < -0.3 is 5.11 Å². The van der Waals surface area contributed by atoms with Gasteiger partial charge in [0, 0.05) is 4.47 Å². The fourth-order valence-electron chi connectivity index (χ4n) is 3.52. The molecule has 1 aliphatic heterocycles. The molecule has 2 aromatic carbocycles. The first-order valence-corrected chi connectivity index (χ1v) is 9.44. The van der Waals surface area contributed by atoms with Crippen LogP contribution in [0.15, 0.2) is 53.0 Å². The Labute approximate surface area is 163 Å². The Hall–Kier alpha value is -1.86. The lowest BCUT2D eigenvalue weighted by molar-refractivity contribution is -0.143. The minimum absolute atomic E-state index is 0.213. The highest BCUT2D eigenvalue weighted by Gasteiger charge is 2.32. The number of carboxylic acid groups (broad SMARTS) is 1. The van der Waals surface area contributed by atoms with E-state index in [1.165, 1.54) is 12.1 Å². The molecule has 1 N–H and O–H groups in total. The molecule has 2 aromatic rings. The Morgan fingerprint density at radius 3 is 1.93 bits per heavy atom. The fraction of sp³-hybridized carbons (Fsp3) is 0.350. The average molecular weight is 442 g/mol. The molecule has 144 valence electrons. The number of benzene rings is 2. The molecule has 1 unspecified atom stereocenters. The summed E-state index contributed by atoms with van der Waals surface area (Å²) in [7, 11) is 0. The zero-order chi connectivity index (χ0) is 19.6. The van der Waals surface area contributed by atoms with Crippen LogP contribution in [0.3, 0.4) is 0 Å². The van der Waals surface area contributed by atoms with Crippen molar-refractivity contribution in [3.05, 3.63) is 69.7 Å². The summed E-state index contributed by atoms with van der Waals surface area (Å²) < 4.78 is 39.6. The van der Waals surface area contributed by atoms with E-state index in [9.17, 15) is 23.1 Å². The van der Waals surface area contributed by atoms with Crippen LogP contribution in [0.1, 0.15) is 35.6 Å². The SMILES string of the molecule is O=C(O)C1CCN(C(c2ccc(Br)cc2)c2ccc(C(F)(F)F)cc2)CC1. The molecule has 1 saturated heterocycles. The summed E-state index contributed by atoms with van der Waals surface area (Å²) in [6.45, 7) is 1.16. The van der Waals surface area contributed by atoms with Crippen LogP contribution in [0.2, 0.25) is 0 Å². The lowest BCUT2D eigenvalue weighted by Gasteiger charge is -2.37. The number of likely N-dealkylation sites (tertiary alicyclic amines) is 1. The second kappa shape index (κ2) is 8.02. The molecule has 1 heterocycles. The third-order valence-corrected chi connectivity index (χ3v) is 5.51. The van der Waals surface area contributed by atoms with Gasteiger partial charge in [-0.1, -0.05) is 40.2 Å². The number of piperidine rings is 1. The normalized spacial score (nSPS) is 17.6. The van der Waals surface area contributed by atoms with Gasteiger partial charge in [0.1, 0.15) is 0 Å². The van der Waals surface area contributed by atoms with Crippen molar-refractivity contribution in [3.63, 3.8) is 0 Å². The molecule has 0 spiro atoms. The molecule has 0 amide bonds. The first-order valence-electron chi connectivity index (χ1n) is 8.65. The van der Waals surface area contributed by atoms with Crippen LogP contribution in [0.5, 0.6) is 0 Å². The number of nitrogens with zero attached hydrogens (tertiary/aromatic N) is 1. The van der Waals surface area contributed by atoms with Crippen LogP contribution >= 0.6 is 15.9 Å². The molecule has 1 aliphatic rings. The largest absolute Gasteiger partial charge is 0.481 e. The second-order valence-electron chi connectivity index (χ2n) is 6.72. The van der Waals surface area contributed by atoms with E-state index in [0.717, 1.165) is 27.7 Å². The molecule has 0 saturated carbocycles. The van der Waals surface area contributed by atoms with E-state index in [1.807, 2.05) is 24.3 Å². The Kier molecular flexibility index (Phi) is 5.91. The van der Waals surface area contributed by atoms with E-state index in [1.54, 1.807) is 0 Å². The van der Waals surface area contributed by atoms with Gasteiger partial charge in [0.05, 0.1) is 17.5 Å². The van der Waals surface area contributed by atoms with Crippen LogP contribution < -0.4 is 0 Å². The Morgan fingerprint density at radius 2 is 1.48 bits per heavy atom. The van der Waals surface area contributed by atoms with Gasteiger partial charge in [-0.25, -0.2) is 0 Å². The molecule has 1 atom stereocenters. The summed E-state index contributed by atoms with van der Waals surface area (Å²) in [5.74, 6) is -1.15. The molecule has 0 aliphatic carbocycles. The highest BCUT2D eigenvalue weighted by atomic mass is 79.9. The minimum Gasteiger partial charge on any atom is -0.481 e. The molecule has 0 aromatic heterocycles. The quantitative estimate of drug-likeness (QED) is 0.694. The number of aliphatic carboxylic acids is 1. The number of carbonyl (C=O) groups is 1. The van der Waals surface area contributed by atoms with Crippen LogP contribution in [0.25, 0.3) is 0 Å². The van der Waals surface area contributed by atoms with Crippen LogP contribution in [-0.2, 0) is 11.0 Å². The first kappa shape index (κ1) is 19.9. The van der Waals surface area contributed by atoms with Crippen molar-refractivity contribution in [1.82, 2.24) is 4.90 Å². The summed E-state index contributed by atoms with van der Waals surface area (Å²) in [6, 6.07) is 12.7. The number of hydrogen-bond donors (Lipinski definition) is 1. The van der Waals surface area contributed by atoms with Crippen molar-refractivity contribution < 1.29 is 23.1 Å². The van der Waals surface area contributed by atoms with Gasteiger partial charge in [0.2, 0.25) is 0 Å². The third kappa shape index (κ3) is 4.71. The molecule has 1 fully saturated rings. The number of rotatable bonds is 4. The van der Waals surface area contributed by atoms with E-state index in [0.29, 0.717) is 25.9 Å². The Morgan fingerprint density at radius 1 is 1.00 bits per heavy atom. The van der Waals surface area contributed by atoms with Crippen molar-refractivity contribution in [1.29, 1.82) is 0 Å². The molecule has 27 heavy (non-hydrogen) atoms. The summed E-state index contributed by atoms with van der Waals surface area (Å²) >= 11 is 3.40. The van der Waals surface area contributed by atoms with Gasteiger partial charge in [-0.05, 0) is 61.3 Å². The molecular formula is C20H19BrF3NO2. The summed E-state index contributed by atoms with van der Waals surface area (Å²) in [4.78, 5) is 13.4. The van der Waals surface area contributed by atoms with Gasteiger partial charge in [-0.2, -0.15) is 13.2 Å². The lowest BCUT2D eigenvalue weighted by Crippen LogP contribution is -2.39. The van der Waals surface area contributed by atoms with E-state index in [4.69, 9.17) is 0 Å². The molecular weight excluding hydrogens is 423 g/mol. The van der Waals surface area contributed by atoms with Crippen molar-refractivity contribution in [2.24, 2.45) is 5.92 Å². The van der Waals surface area contributed by atoms with Gasteiger partial charge in [-0.15, -0.1) is 0 Å². The summed E-state index contributed by atoms with van der Waals surface area (Å²) in [5, 5.41) is 9.20. The Balaban J connectivity index is 1.91. The molecule has 0 radical (unpaired) electrons. The van der Waals surface area contributed by atoms with Gasteiger partial charge >= 0.3 is 12.1 Å². The summed E-state index contributed by atoms with van der Waals surface area (Å²) in [6.07, 6.45) is -3.31. The maximum atomic E-state index is 12.9. The number of hydrogen-bond acceptors (Lipinski definition) is 2. The van der Waals surface area contributed by atoms with Crippen molar-refractivity contribution in [2.45, 2.75) is 25.1 Å². The topological polar surface area (TPSA) is 40.5 Å². The zero-order valence-electron chi connectivity index (χ0n) is 14.4. The average Bonchev–Trinajstić information content (AvgIpc) is 2.64. The van der Waals surface area contributed by atoms with Crippen molar-refractivity contribution in [3.8, 4) is 0 Å². The smallest absolute Gasteiger partial charge is 0.416 e.